The maximum absolute atomic E-state index is 12.2. The highest BCUT2D eigenvalue weighted by molar-refractivity contribution is 5.83. The minimum Gasteiger partial charge on any atom is -0.352 e. The summed E-state index contributed by atoms with van der Waals surface area (Å²) in [5.41, 5.74) is 0.375. The van der Waals surface area contributed by atoms with Gasteiger partial charge in [-0.25, -0.2) is 0 Å². The Balaban J connectivity index is 1.51. The molecule has 0 aromatic rings. The first-order valence-corrected chi connectivity index (χ1v) is 6.89. The van der Waals surface area contributed by atoms with Crippen molar-refractivity contribution in [3.8, 4) is 0 Å². The van der Waals surface area contributed by atoms with E-state index in [-0.39, 0.29) is 0 Å². The molecule has 2 atom stereocenters. The van der Waals surface area contributed by atoms with Crippen LogP contribution in [-0.4, -0.2) is 50.1 Å². The molecule has 1 amide bonds. The molecule has 0 aromatic heterocycles. The van der Waals surface area contributed by atoms with Gasteiger partial charge in [0.15, 0.2) is 0 Å². The van der Waals surface area contributed by atoms with Crippen LogP contribution in [0, 0.1) is 11.3 Å². The summed E-state index contributed by atoms with van der Waals surface area (Å²) in [4.78, 5) is 14.5. The third-order valence-corrected chi connectivity index (χ3v) is 4.84. The molecule has 0 aromatic carbocycles. The van der Waals surface area contributed by atoms with Crippen LogP contribution in [0.5, 0.6) is 0 Å². The number of likely N-dealkylation sites (tertiary alicyclic amines) is 1. The lowest BCUT2D eigenvalue weighted by Gasteiger charge is -2.23. The largest absolute Gasteiger partial charge is 0.352 e. The van der Waals surface area contributed by atoms with Crippen LogP contribution < -0.4 is 10.6 Å². The zero-order chi connectivity index (χ0) is 11.9. The Morgan fingerprint density at radius 3 is 2.82 bits per heavy atom. The SMILES string of the molecule is CN1CCC(NC(=O)C2CC23CCNCC3)C1. The van der Waals surface area contributed by atoms with Gasteiger partial charge in [0.1, 0.15) is 0 Å². The highest BCUT2D eigenvalue weighted by atomic mass is 16.2. The maximum Gasteiger partial charge on any atom is 0.223 e. The Morgan fingerprint density at radius 2 is 2.18 bits per heavy atom. The number of carbonyl (C=O) groups is 1. The van der Waals surface area contributed by atoms with Gasteiger partial charge in [-0.15, -0.1) is 0 Å². The Bertz CT molecular complexity index is 312. The molecule has 1 spiro atoms. The molecule has 17 heavy (non-hydrogen) atoms. The van der Waals surface area contributed by atoms with E-state index >= 15 is 0 Å². The summed E-state index contributed by atoms with van der Waals surface area (Å²) in [6, 6.07) is 0.395. The number of nitrogens with one attached hydrogen (secondary N) is 2. The summed E-state index contributed by atoms with van der Waals surface area (Å²) in [5.74, 6) is 0.641. The van der Waals surface area contributed by atoms with Crippen LogP contribution in [0.25, 0.3) is 0 Å². The van der Waals surface area contributed by atoms with E-state index < -0.39 is 0 Å². The third kappa shape index (κ3) is 2.20. The first kappa shape index (κ1) is 11.5. The number of nitrogens with zero attached hydrogens (tertiary/aromatic N) is 1. The fourth-order valence-corrected chi connectivity index (χ4v) is 3.55. The van der Waals surface area contributed by atoms with Crippen LogP contribution in [-0.2, 0) is 4.79 Å². The minimum absolute atomic E-state index is 0.315. The summed E-state index contributed by atoms with van der Waals surface area (Å²) in [6.45, 7) is 4.32. The lowest BCUT2D eigenvalue weighted by molar-refractivity contribution is -0.123. The van der Waals surface area contributed by atoms with Crippen LogP contribution in [0.4, 0.5) is 0 Å². The number of likely N-dealkylation sites (N-methyl/N-ethyl adjacent to an activating group) is 1. The highest BCUT2D eigenvalue weighted by Gasteiger charge is 2.57. The van der Waals surface area contributed by atoms with Gasteiger partial charge in [-0.3, -0.25) is 4.79 Å². The number of carbonyl (C=O) groups excluding carboxylic acids is 1. The van der Waals surface area contributed by atoms with E-state index in [9.17, 15) is 4.79 Å². The zero-order valence-electron chi connectivity index (χ0n) is 10.7. The number of piperidine rings is 1. The maximum atomic E-state index is 12.2. The molecule has 3 aliphatic rings. The number of amides is 1. The van der Waals surface area contributed by atoms with Crippen LogP contribution >= 0.6 is 0 Å². The fraction of sp³-hybridized carbons (Fsp3) is 0.923. The van der Waals surface area contributed by atoms with Crippen molar-refractivity contribution in [1.29, 1.82) is 0 Å². The molecule has 2 N–H and O–H groups in total. The first-order chi connectivity index (χ1) is 8.20. The summed E-state index contributed by atoms with van der Waals surface area (Å²) in [6.07, 6.45) is 4.62. The molecule has 1 aliphatic carbocycles. The zero-order valence-corrected chi connectivity index (χ0v) is 10.7. The van der Waals surface area contributed by atoms with Gasteiger partial charge in [0.2, 0.25) is 5.91 Å². The summed E-state index contributed by atoms with van der Waals surface area (Å²) < 4.78 is 0. The minimum atomic E-state index is 0.315. The normalized spacial score (nSPS) is 36.1. The second-order valence-corrected chi connectivity index (χ2v) is 6.13. The fourth-order valence-electron chi connectivity index (χ4n) is 3.55. The Hall–Kier alpha value is -0.610. The van der Waals surface area contributed by atoms with Crippen molar-refractivity contribution < 1.29 is 4.79 Å². The smallest absolute Gasteiger partial charge is 0.223 e. The van der Waals surface area contributed by atoms with E-state index in [2.05, 4.69) is 22.6 Å². The van der Waals surface area contributed by atoms with Crippen molar-refractivity contribution in [1.82, 2.24) is 15.5 Å². The van der Waals surface area contributed by atoms with Crippen LogP contribution in [0.15, 0.2) is 0 Å². The number of hydrogen-bond acceptors (Lipinski definition) is 3. The van der Waals surface area contributed by atoms with Gasteiger partial charge in [-0.05, 0) is 57.8 Å². The van der Waals surface area contributed by atoms with E-state index in [4.69, 9.17) is 0 Å². The standard InChI is InChI=1S/C13H23N3O/c1-16-7-2-10(9-16)15-12(17)11-8-13(11)3-5-14-6-4-13/h10-11,14H,2-9H2,1H3,(H,15,17). The molecule has 3 fully saturated rings. The van der Waals surface area contributed by atoms with Gasteiger partial charge in [0.25, 0.3) is 0 Å². The van der Waals surface area contributed by atoms with Crippen molar-refractivity contribution in [2.24, 2.45) is 11.3 Å². The molecular weight excluding hydrogens is 214 g/mol. The molecule has 2 aliphatic heterocycles. The van der Waals surface area contributed by atoms with Gasteiger partial charge < -0.3 is 15.5 Å². The number of hydrogen-bond donors (Lipinski definition) is 2. The molecule has 4 nitrogen and oxygen atoms in total. The Labute approximate surface area is 103 Å². The van der Waals surface area contributed by atoms with Crippen molar-refractivity contribution >= 4 is 5.91 Å². The molecule has 3 rings (SSSR count). The molecule has 4 heteroatoms. The predicted molar refractivity (Wildman–Crippen MR) is 66.7 cm³/mol. The van der Waals surface area contributed by atoms with Crippen LogP contribution in [0.1, 0.15) is 25.7 Å². The van der Waals surface area contributed by atoms with Crippen LogP contribution in [0.2, 0.25) is 0 Å². The second-order valence-electron chi connectivity index (χ2n) is 6.13. The van der Waals surface area contributed by atoms with Gasteiger partial charge in [0.05, 0.1) is 0 Å². The van der Waals surface area contributed by atoms with Gasteiger partial charge >= 0.3 is 0 Å². The van der Waals surface area contributed by atoms with Gasteiger partial charge in [-0.1, -0.05) is 0 Å². The molecule has 2 heterocycles. The topological polar surface area (TPSA) is 44.4 Å². The average molecular weight is 237 g/mol. The van der Waals surface area contributed by atoms with Crippen molar-refractivity contribution in [2.75, 3.05) is 33.2 Å². The molecule has 0 bridgehead atoms. The van der Waals surface area contributed by atoms with Gasteiger partial charge in [0, 0.05) is 18.5 Å². The quantitative estimate of drug-likeness (QED) is 0.721. The van der Waals surface area contributed by atoms with E-state index in [0.717, 1.165) is 39.0 Å². The van der Waals surface area contributed by atoms with E-state index in [1.54, 1.807) is 0 Å². The van der Waals surface area contributed by atoms with Gasteiger partial charge in [-0.2, -0.15) is 0 Å². The molecule has 2 saturated heterocycles. The highest BCUT2D eigenvalue weighted by Crippen LogP contribution is 2.58. The first-order valence-electron chi connectivity index (χ1n) is 6.89. The summed E-state index contributed by atoms with van der Waals surface area (Å²) in [5, 5.41) is 6.62. The van der Waals surface area contributed by atoms with E-state index in [1.165, 1.54) is 12.8 Å². The lowest BCUT2D eigenvalue weighted by atomic mass is 9.91. The van der Waals surface area contributed by atoms with Crippen molar-refractivity contribution in [3.05, 3.63) is 0 Å². The molecule has 2 unspecified atom stereocenters. The summed E-state index contributed by atoms with van der Waals surface area (Å²) >= 11 is 0. The molecule has 1 saturated carbocycles. The predicted octanol–water partition coefficient (Wildman–Crippen LogP) is 0.196. The average Bonchev–Trinajstić information content (AvgIpc) is 2.85. The van der Waals surface area contributed by atoms with E-state index in [0.29, 0.717) is 23.3 Å². The van der Waals surface area contributed by atoms with Crippen molar-refractivity contribution in [3.63, 3.8) is 0 Å². The molecule has 0 radical (unpaired) electrons. The van der Waals surface area contributed by atoms with Crippen molar-refractivity contribution in [2.45, 2.75) is 31.7 Å². The number of rotatable bonds is 2. The molecular formula is C13H23N3O. The monoisotopic (exact) mass is 237 g/mol. The Morgan fingerprint density at radius 1 is 1.41 bits per heavy atom. The van der Waals surface area contributed by atoms with Crippen LogP contribution in [0.3, 0.4) is 0 Å². The Kier molecular flexibility index (Phi) is 2.87. The molecule has 96 valence electrons. The van der Waals surface area contributed by atoms with E-state index in [1.807, 2.05) is 0 Å². The second kappa shape index (κ2) is 4.25. The summed E-state index contributed by atoms with van der Waals surface area (Å²) in [7, 11) is 2.12. The third-order valence-electron chi connectivity index (χ3n) is 4.84. The lowest BCUT2D eigenvalue weighted by Crippen LogP contribution is -2.39.